The summed E-state index contributed by atoms with van der Waals surface area (Å²) in [4.78, 5) is 18.1. The average molecular weight is 499 g/mol. The van der Waals surface area contributed by atoms with Gasteiger partial charge < -0.3 is 5.32 Å². The quantitative estimate of drug-likeness (QED) is 0.370. The fourth-order valence-corrected chi connectivity index (χ4v) is 4.74. The number of aromatic nitrogens is 5. The van der Waals surface area contributed by atoms with Crippen LogP contribution in [0.2, 0.25) is 0 Å². The van der Waals surface area contributed by atoms with E-state index in [2.05, 4.69) is 25.8 Å². The number of benzene rings is 2. The van der Waals surface area contributed by atoms with Crippen molar-refractivity contribution in [2.24, 2.45) is 7.05 Å². The van der Waals surface area contributed by atoms with E-state index >= 15 is 0 Å². The van der Waals surface area contributed by atoms with Gasteiger partial charge in [-0.2, -0.15) is 0 Å². The highest BCUT2D eigenvalue weighted by Crippen LogP contribution is 2.39. The predicted octanol–water partition coefficient (Wildman–Crippen LogP) is 6.07. The first kappa shape index (κ1) is 26.1. The molecule has 0 saturated heterocycles. The van der Waals surface area contributed by atoms with Gasteiger partial charge in [0.2, 0.25) is 0 Å². The number of nitrogens with one attached hydrogen (secondary N) is 1. The summed E-state index contributed by atoms with van der Waals surface area (Å²) in [6.07, 6.45) is 2.48. The molecule has 0 radical (unpaired) electrons. The van der Waals surface area contributed by atoms with Crippen LogP contribution in [0.5, 0.6) is 0 Å². The summed E-state index contributed by atoms with van der Waals surface area (Å²) < 4.78 is 29.4. The molecule has 7 nitrogen and oxygen atoms in total. The third-order valence-corrected chi connectivity index (χ3v) is 6.32. The van der Waals surface area contributed by atoms with E-state index < -0.39 is 23.2 Å². The Balaban J connectivity index is 0.000000815. The van der Waals surface area contributed by atoms with Crippen molar-refractivity contribution in [2.75, 3.05) is 5.32 Å². The summed E-state index contributed by atoms with van der Waals surface area (Å²) in [5.74, 6) is -1.68. The molecule has 5 rings (SSSR count). The largest absolute Gasteiger partial charge is 0.315 e. The molecule has 4 aromatic rings. The molecule has 35 heavy (non-hydrogen) atoms. The number of carbonyl (C=O) groups excluding carboxylic acids is 1. The van der Waals surface area contributed by atoms with Crippen LogP contribution in [0.3, 0.4) is 0 Å². The summed E-state index contributed by atoms with van der Waals surface area (Å²) in [6.45, 7) is 8.00. The first-order valence-electron chi connectivity index (χ1n) is 11.6. The molecule has 10 heteroatoms. The lowest BCUT2D eigenvalue weighted by Gasteiger charge is -2.08. The molecule has 2 aromatic carbocycles. The Morgan fingerprint density at radius 1 is 1.06 bits per heavy atom. The monoisotopic (exact) mass is 498 g/mol. The van der Waals surface area contributed by atoms with E-state index in [-0.39, 0.29) is 5.01 Å². The first-order chi connectivity index (χ1) is 17.0. The lowest BCUT2D eigenvalue weighted by atomic mass is 10.0. The van der Waals surface area contributed by atoms with Crippen molar-refractivity contribution in [3.8, 4) is 21.8 Å². The molecule has 0 fully saturated rings. The molecule has 1 amide bonds. The molecular weight excluding hydrogens is 470 g/mol. The summed E-state index contributed by atoms with van der Waals surface area (Å²) in [5, 5.41) is 14.1. The highest BCUT2D eigenvalue weighted by Gasteiger charge is 2.24. The van der Waals surface area contributed by atoms with Crippen LogP contribution < -0.4 is 5.32 Å². The first-order valence-corrected chi connectivity index (χ1v) is 12.4. The van der Waals surface area contributed by atoms with Crippen molar-refractivity contribution in [3.05, 3.63) is 64.3 Å². The van der Waals surface area contributed by atoms with Crippen LogP contribution in [0.4, 0.5) is 14.5 Å². The Morgan fingerprint density at radius 2 is 1.77 bits per heavy atom. The lowest BCUT2D eigenvalue weighted by molar-refractivity contribution is 0.102. The topological polar surface area (TPSA) is 85.6 Å². The van der Waals surface area contributed by atoms with E-state index in [4.69, 9.17) is 0 Å². The SMILES string of the molecule is CC.CC.Cn1nnnc1-c1ccc2c(c1)-c1sc(C(=O)Nc3c(F)cccc3F)nc1CCC2. The molecule has 0 aliphatic heterocycles. The van der Waals surface area contributed by atoms with E-state index in [1.165, 1.54) is 17.4 Å². The average Bonchev–Trinajstić information content (AvgIpc) is 3.47. The fourth-order valence-electron chi connectivity index (χ4n) is 3.68. The number of thiazole rings is 1. The number of para-hydroxylation sites is 1. The molecule has 1 N–H and O–H groups in total. The lowest BCUT2D eigenvalue weighted by Crippen LogP contribution is -2.14. The predicted molar refractivity (Wildman–Crippen MR) is 134 cm³/mol. The highest BCUT2D eigenvalue weighted by atomic mass is 32.1. The minimum Gasteiger partial charge on any atom is -0.315 e. The van der Waals surface area contributed by atoms with Gasteiger partial charge in [0.15, 0.2) is 10.8 Å². The van der Waals surface area contributed by atoms with Crippen LogP contribution >= 0.6 is 11.3 Å². The number of fused-ring (bicyclic) bond motifs is 3. The maximum atomic E-state index is 13.9. The second-order valence-corrected chi connectivity index (χ2v) is 8.20. The molecule has 2 aromatic heterocycles. The molecular formula is C25H28F2N6OS. The van der Waals surface area contributed by atoms with Gasteiger partial charge in [-0.05, 0) is 59.0 Å². The van der Waals surface area contributed by atoms with Crippen molar-refractivity contribution in [1.29, 1.82) is 0 Å². The molecule has 0 spiro atoms. The van der Waals surface area contributed by atoms with Crippen LogP contribution in [-0.4, -0.2) is 31.1 Å². The van der Waals surface area contributed by atoms with Crippen molar-refractivity contribution in [2.45, 2.75) is 47.0 Å². The van der Waals surface area contributed by atoms with Gasteiger partial charge in [0, 0.05) is 12.6 Å². The van der Waals surface area contributed by atoms with Crippen molar-refractivity contribution < 1.29 is 13.6 Å². The Hall–Kier alpha value is -3.53. The molecule has 1 aliphatic carbocycles. The van der Waals surface area contributed by atoms with Gasteiger partial charge in [-0.1, -0.05) is 45.9 Å². The number of nitrogens with zero attached hydrogens (tertiary/aromatic N) is 5. The fraction of sp³-hybridized carbons (Fsp3) is 0.320. The number of halogens is 2. The number of anilines is 1. The van der Waals surface area contributed by atoms with Gasteiger partial charge >= 0.3 is 0 Å². The van der Waals surface area contributed by atoms with E-state index in [0.29, 0.717) is 12.2 Å². The Bertz CT molecular complexity index is 1300. The van der Waals surface area contributed by atoms with Gasteiger partial charge in [-0.25, -0.2) is 18.4 Å². The normalized spacial score (nSPS) is 11.6. The van der Waals surface area contributed by atoms with Crippen LogP contribution in [0.1, 0.15) is 55.2 Å². The van der Waals surface area contributed by atoms with Gasteiger partial charge in [0.05, 0.1) is 10.6 Å². The van der Waals surface area contributed by atoms with Gasteiger partial charge in [-0.3, -0.25) is 4.79 Å². The van der Waals surface area contributed by atoms with Crippen molar-refractivity contribution in [1.82, 2.24) is 25.2 Å². The number of carbonyl (C=O) groups is 1. The van der Waals surface area contributed by atoms with Crippen LogP contribution in [0.25, 0.3) is 21.8 Å². The Labute approximate surface area is 207 Å². The van der Waals surface area contributed by atoms with Crippen molar-refractivity contribution in [3.63, 3.8) is 0 Å². The second-order valence-electron chi connectivity index (χ2n) is 7.20. The van der Waals surface area contributed by atoms with E-state index in [1.54, 1.807) is 11.7 Å². The van der Waals surface area contributed by atoms with Gasteiger partial charge in [-0.15, -0.1) is 16.4 Å². The number of amides is 1. The standard InChI is InChI=1S/C21H16F2N6OS.2C2H6/c1-29-19(26-27-28-29)12-9-8-11-4-2-7-16-18(13(11)10-12)31-21(24-16)20(30)25-17-14(22)5-3-6-15(17)23;2*1-2/h3,5-6,8-10H,2,4,7H2,1H3,(H,25,30);2*1-2H3. The number of aryl methyl sites for hydroxylation is 3. The molecule has 0 saturated carbocycles. The van der Waals surface area contributed by atoms with E-state index in [0.717, 1.165) is 52.2 Å². The minimum atomic E-state index is -0.834. The molecule has 184 valence electrons. The molecule has 0 unspecified atom stereocenters. The number of tetrazole rings is 1. The molecule has 0 bridgehead atoms. The summed E-state index contributed by atoms with van der Waals surface area (Å²) >= 11 is 1.21. The van der Waals surface area contributed by atoms with Gasteiger partial charge in [0.25, 0.3) is 5.91 Å². The third kappa shape index (κ3) is 5.43. The zero-order valence-electron chi connectivity index (χ0n) is 20.4. The molecule has 0 atom stereocenters. The van der Waals surface area contributed by atoms with E-state index in [1.807, 2.05) is 45.9 Å². The third-order valence-electron chi connectivity index (χ3n) is 5.19. The zero-order chi connectivity index (χ0) is 25.5. The molecule has 2 heterocycles. The number of hydrogen-bond acceptors (Lipinski definition) is 6. The van der Waals surface area contributed by atoms with Crippen LogP contribution in [0, 0.1) is 11.6 Å². The second kappa shape index (κ2) is 11.7. The smallest absolute Gasteiger partial charge is 0.284 e. The summed E-state index contributed by atoms with van der Waals surface area (Å²) in [5.41, 5.74) is 3.30. The maximum absolute atomic E-state index is 13.9. The van der Waals surface area contributed by atoms with Crippen molar-refractivity contribution >= 4 is 22.9 Å². The Morgan fingerprint density at radius 3 is 2.43 bits per heavy atom. The number of rotatable bonds is 3. The minimum absolute atomic E-state index is 0.159. The maximum Gasteiger partial charge on any atom is 0.284 e. The molecule has 1 aliphatic rings. The summed E-state index contributed by atoms with van der Waals surface area (Å²) in [6, 6.07) is 9.45. The van der Waals surface area contributed by atoms with E-state index in [9.17, 15) is 13.6 Å². The zero-order valence-corrected chi connectivity index (χ0v) is 21.2. The highest BCUT2D eigenvalue weighted by molar-refractivity contribution is 7.17. The van der Waals surface area contributed by atoms with Crippen LogP contribution in [-0.2, 0) is 19.9 Å². The summed E-state index contributed by atoms with van der Waals surface area (Å²) in [7, 11) is 1.77. The van der Waals surface area contributed by atoms with Gasteiger partial charge in [0.1, 0.15) is 17.3 Å². The Kier molecular flexibility index (Phi) is 8.75. The van der Waals surface area contributed by atoms with Crippen LogP contribution in [0.15, 0.2) is 36.4 Å². The number of hydrogen-bond donors (Lipinski definition) is 1.